The highest BCUT2D eigenvalue weighted by Crippen LogP contribution is 2.31. The van der Waals surface area contributed by atoms with E-state index in [1.165, 1.54) is 0 Å². The lowest BCUT2D eigenvalue weighted by Crippen LogP contribution is -2.15. The number of hydrogen-bond acceptors (Lipinski definition) is 1. The summed E-state index contributed by atoms with van der Waals surface area (Å²) in [4.78, 5) is 0. The maximum atomic E-state index is 13.4. The second-order valence-electron chi connectivity index (χ2n) is 3.54. The molecule has 0 spiro atoms. The van der Waals surface area contributed by atoms with E-state index in [2.05, 4.69) is 5.32 Å². The Balaban J connectivity index is 2.47. The van der Waals surface area contributed by atoms with Gasteiger partial charge in [-0.1, -0.05) is 11.6 Å². The first-order chi connectivity index (χ1) is 7.11. The van der Waals surface area contributed by atoms with E-state index in [0.29, 0.717) is 6.42 Å². The van der Waals surface area contributed by atoms with E-state index >= 15 is 0 Å². The summed E-state index contributed by atoms with van der Waals surface area (Å²) in [5.41, 5.74) is 0.108. The lowest BCUT2D eigenvalue weighted by molar-refractivity contribution is 0.432. The van der Waals surface area contributed by atoms with Gasteiger partial charge in [0.25, 0.3) is 0 Å². The summed E-state index contributed by atoms with van der Waals surface area (Å²) in [6.07, 6.45) is 1.60. The number of halogens is 4. The molecular weight excluding hydrogens is 227 g/mol. The van der Waals surface area contributed by atoms with Gasteiger partial charge in [-0.2, -0.15) is 0 Å². The van der Waals surface area contributed by atoms with Gasteiger partial charge < -0.3 is 5.32 Å². The van der Waals surface area contributed by atoms with E-state index in [-0.39, 0.29) is 16.6 Å². The zero-order valence-electron chi connectivity index (χ0n) is 7.79. The first-order valence-electron chi connectivity index (χ1n) is 4.67. The lowest BCUT2D eigenvalue weighted by atomic mass is 10.0. The van der Waals surface area contributed by atoms with Crippen LogP contribution < -0.4 is 5.32 Å². The predicted octanol–water partition coefficient (Wildman–Crippen LogP) is 3.18. The van der Waals surface area contributed by atoms with Gasteiger partial charge in [-0.3, -0.25) is 0 Å². The van der Waals surface area contributed by atoms with Crippen molar-refractivity contribution in [1.82, 2.24) is 5.32 Å². The highest BCUT2D eigenvalue weighted by atomic mass is 35.5. The summed E-state index contributed by atoms with van der Waals surface area (Å²) in [5.74, 6) is -3.96. The summed E-state index contributed by atoms with van der Waals surface area (Å²) in [7, 11) is 0. The molecule has 1 atom stereocenters. The van der Waals surface area contributed by atoms with Crippen LogP contribution in [-0.2, 0) is 0 Å². The van der Waals surface area contributed by atoms with Crippen molar-refractivity contribution in [3.8, 4) is 0 Å². The molecule has 1 N–H and O–H groups in total. The van der Waals surface area contributed by atoms with Gasteiger partial charge in [-0.25, -0.2) is 13.2 Å². The molecule has 1 saturated heterocycles. The molecule has 1 aliphatic rings. The van der Waals surface area contributed by atoms with E-state index in [1.807, 2.05) is 0 Å². The topological polar surface area (TPSA) is 12.0 Å². The van der Waals surface area contributed by atoms with Crippen LogP contribution in [0, 0.1) is 17.5 Å². The normalized spacial score (nSPS) is 20.9. The average molecular weight is 236 g/mol. The van der Waals surface area contributed by atoms with Crippen LogP contribution in [0.25, 0.3) is 0 Å². The third-order valence-electron chi connectivity index (χ3n) is 2.57. The second-order valence-corrected chi connectivity index (χ2v) is 3.95. The van der Waals surface area contributed by atoms with Gasteiger partial charge in [0.1, 0.15) is 0 Å². The minimum atomic E-state index is -1.49. The molecule has 5 heteroatoms. The summed E-state index contributed by atoms with van der Waals surface area (Å²) in [5, 5.41) is 2.62. The highest BCUT2D eigenvalue weighted by molar-refractivity contribution is 6.30. The fraction of sp³-hybridized carbons (Fsp3) is 0.400. The Kier molecular flexibility index (Phi) is 2.89. The van der Waals surface area contributed by atoms with E-state index < -0.39 is 17.5 Å². The van der Waals surface area contributed by atoms with Gasteiger partial charge in [0, 0.05) is 11.6 Å². The van der Waals surface area contributed by atoms with Gasteiger partial charge in [0.15, 0.2) is 17.5 Å². The van der Waals surface area contributed by atoms with Gasteiger partial charge in [0.05, 0.1) is 5.02 Å². The largest absolute Gasteiger partial charge is 0.310 e. The minimum Gasteiger partial charge on any atom is -0.310 e. The van der Waals surface area contributed by atoms with Crippen molar-refractivity contribution in [3.05, 3.63) is 34.1 Å². The molecule has 0 aliphatic carbocycles. The van der Waals surface area contributed by atoms with E-state index in [9.17, 15) is 13.2 Å². The number of rotatable bonds is 1. The van der Waals surface area contributed by atoms with Crippen molar-refractivity contribution >= 4 is 11.6 Å². The van der Waals surface area contributed by atoms with Gasteiger partial charge in [-0.05, 0) is 25.5 Å². The molecule has 0 aromatic heterocycles. The van der Waals surface area contributed by atoms with Crippen LogP contribution in [0.3, 0.4) is 0 Å². The molecule has 0 amide bonds. The van der Waals surface area contributed by atoms with Crippen LogP contribution in [-0.4, -0.2) is 6.54 Å². The third kappa shape index (κ3) is 1.84. The third-order valence-corrected chi connectivity index (χ3v) is 2.84. The van der Waals surface area contributed by atoms with Crippen molar-refractivity contribution in [2.75, 3.05) is 6.54 Å². The molecule has 1 fully saturated rings. The Morgan fingerprint density at radius 3 is 2.53 bits per heavy atom. The number of hydrogen-bond donors (Lipinski definition) is 1. The van der Waals surface area contributed by atoms with Gasteiger partial charge in [-0.15, -0.1) is 0 Å². The predicted molar refractivity (Wildman–Crippen MR) is 51.3 cm³/mol. The molecule has 1 aromatic carbocycles. The smallest absolute Gasteiger partial charge is 0.196 e. The van der Waals surface area contributed by atoms with Crippen molar-refractivity contribution in [2.24, 2.45) is 0 Å². The van der Waals surface area contributed by atoms with Crippen molar-refractivity contribution < 1.29 is 13.2 Å². The molecule has 0 unspecified atom stereocenters. The van der Waals surface area contributed by atoms with E-state index in [0.717, 1.165) is 19.0 Å². The summed E-state index contributed by atoms with van der Waals surface area (Å²) in [6, 6.07) is 0.885. The van der Waals surface area contributed by atoms with Gasteiger partial charge >= 0.3 is 0 Å². The molecule has 0 radical (unpaired) electrons. The molecule has 0 bridgehead atoms. The number of nitrogens with one attached hydrogen (secondary N) is 1. The van der Waals surface area contributed by atoms with Crippen molar-refractivity contribution in [3.63, 3.8) is 0 Å². The van der Waals surface area contributed by atoms with Crippen LogP contribution in [0.5, 0.6) is 0 Å². The Hall–Kier alpha value is -0.740. The summed E-state index contributed by atoms with van der Waals surface area (Å²) < 4.78 is 39.3. The lowest BCUT2D eigenvalue weighted by Gasteiger charge is -2.13. The molecule has 1 heterocycles. The average Bonchev–Trinajstić information content (AvgIpc) is 2.73. The van der Waals surface area contributed by atoms with Crippen LogP contribution in [0.4, 0.5) is 13.2 Å². The van der Waals surface area contributed by atoms with E-state index in [1.54, 1.807) is 0 Å². The SMILES string of the molecule is Fc1c(Cl)cc([C@@H]2CCCN2)c(F)c1F. The van der Waals surface area contributed by atoms with Crippen LogP contribution >= 0.6 is 11.6 Å². The fourth-order valence-electron chi connectivity index (χ4n) is 1.79. The molecular formula is C10H9ClF3N. The van der Waals surface area contributed by atoms with Crippen LogP contribution in [0.1, 0.15) is 24.4 Å². The summed E-state index contributed by atoms with van der Waals surface area (Å²) in [6.45, 7) is 0.751. The molecule has 2 rings (SSSR count). The Morgan fingerprint density at radius 2 is 1.93 bits per heavy atom. The Bertz CT molecular complexity index is 389. The first kappa shape index (κ1) is 10.8. The maximum absolute atomic E-state index is 13.4. The Labute approximate surface area is 90.2 Å². The van der Waals surface area contributed by atoms with Crippen molar-refractivity contribution in [2.45, 2.75) is 18.9 Å². The fourth-order valence-corrected chi connectivity index (χ4v) is 2.00. The van der Waals surface area contributed by atoms with Crippen molar-refractivity contribution in [1.29, 1.82) is 0 Å². The molecule has 1 aromatic rings. The molecule has 82 valence electrons. The molecule has 0 saturated carbocycles. The maximum Gasteiger partial charge on any atom is 0.196 e. The molecule has 15 heavy (non-hydrogen) atoms. The standard InChI is InChI=1S/C10H9ClF3N/c11-6-4-5(7-2-1-3-15-7)8(12)10(14)9(6)13/h4,7,15H,1-3H2/t7-/m0/s1. The minimum absolute atomic E-state index is 0.108. The molecule has 1 aliphatic heterocycles. The molecule has 1 nitrogen and oxygen atoms in total. The number of benzene rings is 1. The van der Waals surface area contributed by atoms with Gasteiger partial charge in [0.2, 0.25) is 0 Å². The first-order valence-corrected chi connectivity index (χ1v) is 5.05. The summed E-state index contributed by atoms with van der Waals surface area (Å²) >= 11 is 5.46. The second kappa shape index (κ2) is 4.02. The van der Waals surface area contributed by atoms with Crippen LogP contribution in [0.15, 0.2) is 6.07 Å². The monoisotopic (exact) mass is 235 g/mol. The van der Waals surface area contributed by atoms with Crippen LogP contribution in [0.2, 0.25) is 5.02 Å². The quantitative estimate of drug-likeness (QED) is 0.582. The highest BCUT2D eigenvalue weighted by Gasteiger charge is 2.25. The zero-order chi connectivity index (χ0) is 11.0. The Morgan fingerprint density at radius 1 is 1.20 bits per heavy atom. The zero-order valence-corrected chi connectivity index (χ0v) is 8.54. The van der Waals surface area contributed by atoms with E-state index in [4.69, 9.17) is 11.6 Å².